The summed E-state index contributed by atoms with van der Waals surface area (Å²) >= 11 is 0. The van der Waals surface area contributed by atoms with Gasteiger partial charge in [-0.05, 0) is 42.5 Å². The number of hydrogen-bond acceptors (Lipinski definition) is 5. The zero-order valence-electron chi connectivity index (χ0n) is 15.3. The molecule has 1 aromatic carbocycles. The number of furan rings is 2. The lowest BCUT2D eigenvalue weighted by Crippen LogP contribution is -2.59. The molecule has 8 heteroatoms. The molecule has 4 heterocycles. The maximum atomic E-state index is 13.2. The van der Waals surface area contributed by atoms with Gasteiger partial charge in [-0.2, -0.15) is 0 Å². The molecule has 5 rings (SSSR count). The number of hydrogen-bond donors (Lipinski definition) is 1. The molecular formula is C21H17N3O5. The Balaban J connectivity index is 1.45. The van der Waals surface area contributed by atoms with Crippen LogP contribution >= 0.6 is 0 Å². The van der Waals surface area contributed by atoms with E-state index >= 15 is 0 Å². The topological polar surface area (TPSA) is 96.0 Å². The third-order valence-corrected chi connectivity index (χ3v) is 5.28. The summed E-state index contributed by atoms with van der Waals surface area (Å²) in [6, 6.07) is 11.3. The van der Waals surface area contributed by atoms with Gasteiger partial charge in [0.15, 0.2) is 5.76 Å². The number of fused-ring (bicyclic) bond motifs is 2. The lowest BCUT2D eigenvalue weighted by molar-refractivity contribution is -0.121. The summed E-state index contributed by atoms with van der Waals surface area (Å²) in [4.78, 5) is 41.7. The quantitative estimate of drug-likeness (QED) is 0.724. The smallest absolute Gasteiger partial charge is 0.289 e. The van der Waals surface area contributed by atoms with Crippen LogP contribution in [0.25, 0.3) is 11.3 Å². The van der Waals surface area contributed by atoms with Gasteiger partial charge in [-0.3, -0.25) is 14.4 Å². The average Bonchev–Trinajstić information content (AvgIpc) is 3.45. The fourth-order valence-corrected chi connectivity index (χ4v) is 3.79. The molecule has 3 amide bonds. The molecular weight excluding hydrogens is 374 g/mol. The number of amides is 3. The molecule has 0 unspecified atom stereocenters. The van der Waals surface area contributed by atoms with Crippen molar-refractivity contribution < 1.29 is 23.2 Å². The summed E-state index contributed by atoms with van der Waals surface area (Å²) in [6.45, 7) is 0.687. The van der Waals surface area contributed by atoms with Crippen LogP contribution in [0.5, 0.6) is 0 Å². The Morgan fingerprint density at radius 2 is 1.86 bits per heavy atom. The first-order valence-electron chi connectivity index (χ1n) is 9.24. The van der Waals surface area contributed by atoms with Gasteiger partial charge < -0.3 is 24.0 Å². The average molecular weight is 391 g/mol. The van der Waals surface area contributed by atoms with Gasteiger partial charge in [0.25, 0.3) is 11.8 Å². The van der Waals surface area contributed by atoms with Crippen LogP contribution in [-0.2, 0) is 4.79 Å². The molecule has 1 N–H and O–H groups in total. The number of nitrogens with one attached hydrogen (secondary N) is 1. The minimum atomic E-state index is -0.769. The van der Waals surface area contributed by atoms with E-state index in [1.807, 2.05) is 6.07 Å². The highest BCUT2D eigenvalue weighted by molar-refractivity contribution is 6.11. The van der Waals surface area contributed by atoms with Crippen LogP contribution in [0.15, 0.2) is 63.8 Å². The van der Waals surface area contributed by atoms with Crippen LogP contribution in [0, 0.1) is 0 Å². The molecule has 0 spiro atoms. The number of rotatable bonds is 2. The van der Waals surface area contributed by atoms with E-state index in [1.54, 1.807) is 42.7 Å². The molecule has 3 aromatic rings. The summed E-state index contributed by atoms with van der Waals surface area (Å²) in [5, 5.41) is 2.83. The van der Waals surface area contributed by atoms with Crippen LogP contribution in [0.4, 0.5) is 5.69 Å². The Kier molecular flexibility index (Phi) is 3.97. The van der Waals surface area contributed by atoms with Crippen molar-refractivity contribution in [3.8, 4) is 11.3 Å². The number of nitrogens with zero attached hydrogens (tertiary/aromatic N) is 2. The predicted molar refractivity (Wildman–Crippen MR) is 102 cm³/mol. The first kappa shape index (κ1) is 17.3. The van der Waals surface area contributed by atoms with Crippen LogP contribution < -0.4 is 5.32 Å². The molecule has 0 bridgehead atoms. The van der Waals surface area contributed by atoms with E-state index in [0.29, 0.717) is 23.6 Å². The van der Waals surface area contributed by atoms with Crippen molar-refractivity contribution in [1.29, 1.82) is 0 Å². The Morgan fingerprint density at radius 1 is 1.03 bits per heavy atom. The Labute approximate surface area is 165 Å². The third-order valence-electron chi connectivity index (χ3n) is 5.28. The molecule has 8 nitrogen and oxygen atoms in total. The van der Waals surface area contributed by atoms with Gasteiger partial charge in [-0.25, -0.2) is 0 Å². The molecule has 1 fully saturated rings. The first-order chi connectivity index (χ1) is 14.1. The van der Waals surface area contributed by atoms with E-state index in [1.165, 1.54) is 16.1 Å². The van der Waals surface area contributed by atoms with E-state index in [4.69, 9.17) is 8.83 Å². The number of benzene rings is 1. The highest BCUT2D eigenvalue weighted by atomic mass is 16.3. The van der Waals surface area contributed by atoms with Crippen LogP contribution in [0.2, 0.25) is 0 Å². The fourth-order valence-electron chi connectivity index (χ4n) is 3.79. The Hall–Kier alpha value is -3.81. The van der Waals surface area contributed by atoms with E-state index in [-0.39, 0.29) is 36.6 Å². The highest BCUT2D eigenvalue weighted by Gasteiger charge is 2.41. The van der Waals surface area contributed by atoms with E-state index in [9.17, 15) is 14.4 Å². The van der Waals surface area contributed by atoms with Gasteiger partial charge in [0, 0.05) is 18.7 Å². The van der Waals surface area contributed by atoms with Gasteiger partial charge in [0.2, 0.25) is 5.91 Å². The monoisotopic (exact) mass is 391 g/mol. The normalized spacial score (nSPS) is 18.7. The molecule has 0 radical (unpaired) electrons. The molecule has 146 valence electrons. The van der Waals surface area contributed by atoms with E-state index < -0.39 is 6.04 Å². The standard InChI is InChI=1S/C21H17N3O5/c25-19-16-12-23(21(27)18-4-2-10-29-18)7-8-24(16)20(26)14-11-13(5-6-15(14)22-19)17-3-1-9-28-17/h1-6,9-11,16H,7-8,12H2,(H,22,25)/t16-/m0/s1. The lowest BCUT2D eigenvalue weighted by Gasteiger charge is -2.38. The van der Waals surface area contributed by atoms with Crippen molar-refractivity contribution in [2.24, 2.45) is 0 Å². The molecule has 0 saturated carbocycles. The number of carbonyl (C=O) groups is 3. The minimum absolute atomic E-state index is 0.107. The molecule has 1 atom stereocenters. The lowest BCUT2D eigenvalue weighted by atomic mass is 10.1. The molecule has 2 aromatic heterocycles. The Bertz CT molecular complexity index is 1090. The largest absolute Gasteiger partial charge is 0.464 e. The molecule has 2 aliphatic rings. The fraction of sp³-hybridized carbons (Fsp3) is 0.190. The number of piperazine rings is 1. The Morgan fingerprint density at radius 3 is 2.62 bits per heavy atom. The zero-order chi connectivity index (χ0) is 20.0. The molecule has 1 saturated heterocycles. The zero-order valence-corrected chi connectivity index (χ0v) is 15.3. The number of anilines is 1. The summed E-state index contributed by atoms with van der Waals surface area (Å²) in [5.41, 5.74) is 1.61. The molecule has 0 aliphatic carbocycles. The van der Waals surface area contributed by atoms with E-state index in [2.05, 4.69) is 5.32 Å². The second-order valence-electron chi connectivity index (χ2n) is 6.97. The van der Waals surface area contributed by atoms with Crippen molar-refractivity contribution in [3.05, 3.63) is 66.3 Å². The second-order valence-corrected chi connectivity index (χ2v) is 6.97. The second kappa shape index (κ2) is 6.66. The highest BCUT2D eigenvalue weighted by Crippen LogP contribution is 2.30. The molecule has 2 aliphatic heterocycles. The van der Waals surface area contributed by atoms with Gasteiger partial charge >= 0.3 is 0 Å². The van der Waals surface area contributed by atoms with Crippen molar-refractivity contribution >= 4 is 23.4 Å². The van der Waals surface area contributed by atoms with Crippen molar-refractivity contribution in [3.63, 3.8) is 0 Å². The summed E-state index contributed by atoms with van der Waals surface area (Å²) in [7, 11) is 0. The SMILES string of the molecule is O=C1Nc2ccc(-c3ccco3)cc2C(=O)N2CCN(C(=O)c3ccco3)C[C@@H]12. The van der Waals surface area contributed by atoms with Crippen LogP contribution in [0.3, 0.4) is 0 Å². The van der Waals surface area contributed by atoms with Gasteiger partial charge in [-0.1, -0.05) is 0 Å². The maximum Gasteiger partial charge on any atom is 0.289 e. The minimum Gasteiger partial charge on any atom is -0.464 e. The van der Waals surface area contributed by atoms with Crippen molar-refractivity contribution in [2.45, 2.75) is 6.04 Å². The summed E-state index contributed by atoms with van der Waals surface area (Å²) in [6.07, 6.45) is 2.99. The summed E-state index contributed by atoms with van der Waals surface area (Å²) in [5.74, 6) is -0.00909. The van der Waals surface area contributed by atoms with Gasteiger partial charge in [0.1, 0.15) is 11.8 Å². The van der Waals surface area contributed by atoms with E-state index in [0.717, 1.165) is 5.56 Å². The maximum absolute atomic E-state index is 13.2. The predicted octanol–water partition coefficient (Wildman–Crippen LogP) is 2.46. The molecule has 29 heavy (non-hydrogen) atoms. The van der Waals surface area contributed by atoms with Crippen molar-refractivity contribution in [1.82, 2.24) is 9.80 Å². The number of carbonyl (C=O) groups excluding carboxylic acids is 3. The van der Waals surface area contributed by atoms with Gasteiger partial charge in [-0.15, -0.1) is 0 Å². The summed E-state index contributed by atoms with van der Waals surface area (Å²) < 4.78 is 10.6. The van der Waals surface area contributed by atoms with Crippen molar-refractivity contribution in [2.75, 3.05) is 25.0 Å². The third kappa shape index (κ3) is 2.89. The van der Waals surface area contributed by atoms with Gasteiger partial charge in [0.05, 0.1) is 30.3 Å². The van der Waals surface area contributed by atoms with Crippen LogP contribution in [0.1, 0.15) is 20.9 Å². The first-order valence-corrected chi connectivity index (χ1v) is 9.24. The van der Waals surface area contributed by atoms with Crippen LogP contribution in [-0.4, -0.2) is 53.2 Å².